The van der Waals surface area contributed by atoms with Crippen molar-refractivity contribution < 1.29 is 9.84 Å². The Kier molecular flexibility index (Phi) is 5.05. The molecule has 1 saturated carbocycles. The molecule has 2 fully saturated rings. The Morgan fingerprint density at radius 3 is 2.56 bits per heavy atom. The van der Waals surface area contributed by atoms with Gasteiger partial charge in [-0.1, -0.05) is 19.8 Å². The predicted molar refractivity (Wildman–Crippen MR) is 73.3 cm³/mol. The van der Waals surface area contributed by atoms with Gasteiger partial charge in [-0.3, -0.25) is 0 Å². The number of aliphatic hydroxyl groups is 1. The molecule has 106 valence electrons. The van der Waals surface area contributed by atoms with E-state index in [0.717, 1.165) is 38.4 Å². The molecule has 3 heteroatoms. The van der Waals surface area contributed by atoms with Gasteiger partial charge in [-0.25, -0.2) is 0 Å². The van der Waals surface area contributed by atoms with Crippen LogP contribution in [0.2, 0.25) is 0 Å². The smallest absolute Gasteiger partial charge is 0.0659 e. The second-order valence-electron chi connectivity index (χ2n) is 6.37. The van der Waals surface area contributed by atoms with Crippen LogP contribution < -0.4 is 5.73 Å². The number of aliphatic hydroxyl groups excluding tert-OH is 1. The van der Waals surface area contributed by atoms with Gasteiger partial charge in [0, 0.05) is 24.5 Å². The monoisotopic (exact) mass is 255 g/mol. The Morgan fingerprint density at radius 1 is 1.33 bits per heavy atom. The lowest BCUT2D eigenvalue weighted by Crippen LogP contribution is -2.48. The lowest BCUT2D eigenvalue weighted by molar-refractivity contribution is -0.0464. The van der Waals surface area contributed by atoms with Crippen molar-refractivity contribution >= 4 is 0 Å². The first-order valence-electron chi connectivity index (χ1n) is 7.67. The summed E-state index contributed by atoms with van der Waals surface area (Å²) in [4.78, 5) is 0. The van der Waals surface area contributed by atoms with Crippen LogP contribution in [0.25, 0.3) is 0 Å². The fraction of sp³-hybridized carbons (Fsp3) is 1.00. The normalized spacial score (nSPS) is 38.8. The topological polar surface area (TPSA) is 55.5 Å². The Bertz CT molecular complexity index is 243. The van der Waals surface area contributed by atoms with Gasteiger partial charge in [0.25, 0.3) is 0 Å². The minimum Gasteiger partial charge on any atom is -0.392 e. The van der Waals surface area contributed by atoms with Crippen molar-refractivity contribution in [3.8, 4) is 0 Å². The Labute approximate surface area is 111 Å². The molecule has 0 radical (unpaired) electrons. The van der Waals surface area contributed by atoms with Crippen LogP contribution >= 0.6 is 0 Å². The predicted octanol–water partition coefficient (Wildman–Crippen LogP) is 2.32. The van der Waals surface area contributed by atoms with Crippen LogP contribution in [-0.2, 0) is 4.74 Å². The summed E-state index contributed by atoms with van der Waals surface area (Å²) in [6.45, 7) is 4.42. The molecule has 0 spiro atoms. The van der Waals surface area contributed by atoms with Crippen LogP contribution in [0.15, 0.2) is 0 Å². The van der Waals surface area contributed by atoms with Gasteiger partial charge in [0.1, 0.15) is 0 Å². The summed E-state index contributed by atoms with van der Waals surface area (Å²) >= 11 is 0. The van der Waals surface area contributed by atoms with E-state index in [1.54, 1.807) is 0 Å². The first-order chi connectivity index (χ1) is 8.72. The molecule has 18 heavy (non-hydrogen) atoms. The fourth-order valence-corrected chi connectivity index (χ4v) is 3.87. The van der Waals surface area contributed by atoms with Crippen molar-refractivity contribution in [3.05, 3.63) is 0 Å². The number of ether oxygens (including phenoxy) is 1. The Morgan fingerprint density at radius 2 is 2.06 bits per heavy atom. The minimum atomic E-state index is -0.257. The molecule has 3 nitrogen and oxygen atoms in total. The summed E-state index contributed by atoms with van der Waals surface area (Å²) in [6, 6.07) is 0. The van der Waals surface area contributed by atoms with Gasteiger partial charge in [-0.15, -0.1) is 0 Å². The maximum Gasteiger partial charge on any atom is 0.0659 e. The molecule has 0 aromatic rings. The number of hydrogen-bond acceptors (Lipinski definition) is 3. The van der Waals surface area contributed by atoms with Crippen LogP contribution in [-0.4, -0.2) is 31.0 Å². The maximum atomic E-state index is 10.7. The van der Waals surface area contributed by atoms with Crippen molar-refractivity contribution in [3.63, 3.8) is 0 Å². The average Bonchev–Trinajstić information content (AvgIpc) is 2.93. The molecule has 2 unspecified atom stereocenters. The van der Waals surface area contributed by atoms with Gasteiger partial charge in [-0.05, 0) is 38.0 Å². The van der Waals surface area contributed by atoms with Crippen LogP contribution in [0.5, 0.6) is 0 Å². The molecule has 3 N–H and O–H groups in total. The van der Waals surface area contributed by atoms with Crippen molar-refractivity contribution in [2.75, 3.05) is 19.8 Å². The highest BCUT2D eigenvalue weighted by Gasteiger charge is 2.44. The molecule has 1 aliphatic heterocycles. The largest absolute Gasteiger partial charge is 0.392 e. The van der Waals surface area contributed by atoms with Gasteiger partial charge in [-0.2, -0.15) is 0 Å². The van der Waals surface area contributed by atoms with Gasteiger partial charge >= 0.3 is 0 Å². The quantitative estimate of drug-likeness (QED) is 0.792. The highest BCUT2D eigenvalue weighted by molar-refractivity contribution is 4.95. The summed E-state index contributed by atoms with van der Waals surface area (Å²) < 4.78 is 5.42. The molecule has 0 amide bonds. The minimum absolute atomic E-state index is 0.0252. The molecule has 1 heterocycles. The van der Waals surface area contributed by atoms with E-state index in [9.17, 15) is 5.11 Å². The lowest BCUT2D eigenvalue weighted by Gasteiger charge is -2.44. The van der Waals surface area contributed by atoms with E-state index < -0.39 is 0 Å². The van der Waals surface area contributed by atoms with Gasteiger partial charge in [0.15, 0.2) is 0 Å². The number of nitrogens with two attached hydrogens (primary N) is 1. The third kappa shape index (κ3) is 2.89. The van der Waals surface area contributed by atoms with E-state index in [0.29, 0.717) is 12.5 Å². The summed E-state index contributed by atoms with van der Waals surface area (Å²) in [5.41, 5.74) is 6.00. The standard InChI is InChI=1S/C15H29NO2/c1-2-3-12-4-7-15(11-16,8-5-12)14(17)13-6-9-18-10-13/h12-14,17H,2-11,16H2,1H3. The first-order valence-corrected chi connectivity index (χ1v) is 7.67. The van der Waals surface area contributed by atoms with E-state index in [-0.39, 0.29) is 11.5 Å². The third-order valence-electron chi connectivity index (χ3n) is 5.24. The molecule has 0 bridgehead atoms. The number of hydrogen-bond donors (Lipinski definition) is 2. The van der Waals surface area contributed by atoms with Crippen LogP contribution in [0, 0.1) is 17.3 Å². The number of rotatable bonds is 5. The second-order valence-corrected chi connectivity index (χ2v) is 6.37. The van der Waals surface area contributed by atoms with Gasteiger partial charge < -0.3 is 15.6 Å². The van der Waals surface area contributed by atoms with E-state index in [1.807, 2.05) is 0 Å². The van der Waals surface area contributed by atoms with Gasteiger partial charge in [0.05, 0.1) is 12.7 Å². The molecule has 1 saturated heterocycles. The Balaban J connectivity index is 1.94. The molecule has 2 rings (SSSR count). The van der Waals surface area contributed by atoms with Crippen LogP contribution in [0.1, 0.15) is 51.9 Å². The average molecular weight is 255 g/mol. The SMILES string of the molecule is CCCC1CCC(CN)(C(O)C2CCOC2)CC1. The molecule has 2 atom stereocenters. The van der Waals surface area contributed by atoms with Crippen LogP contribution in [0.4, 0.5) is 0 Å². The second kappa shape index (κ2) is 6.36. The molecule has 0 aromatic heterocycles. The van der Waals surface area contributed by atoms with Gasteiger partial charge in [0.2, 0.25) is 0 Å². The summed E-state index contributed by atoms with van der Waals surface area (Å²) in [5.74, 6) is 1.18. The van der Waals surface area contributed by atoms with Crippen molar-refractivity contribution in [1.29, 1.82) is 0 Å². The summed E-state index contributed by atoms with van der Waals surface area (Å²) in [6.07, 6.45) is 8.06. The molecule has 1 aliphatic carbocycles. The zero-order valence-corrected chi connectivity index (χ0v) is 11.7. The fourth-order valence-electron chi connectivity index (χ4n) is 3.87. The molecule has 2 aliphatic rings. The maximum absolute atomic E-state index is 10.7. The van der Waals surface area contributed by atoms with E-state index in [2.05, 4.69) is 6.92 Å². The summed E-state index contributed by atoms with van der Waals surface area (Å²) in [5, 5.41) is 10.7. The first kappa shape index (κ1) is 14.3. The highest BCUT2D eigenvalue weighted by Crippen LogP contribution is 2.45. The Hall–Kier alpha value is -0.120. The zero-order valence-electron chi connectivity index (χ0n) is 11.7. The zero-order chi connectivity index (χ0) is 13.0. The third-order valence-corrected chi connectivity index (χ3v) is 5.24. The molecular formula is C15H29NO2. The van der Waals surface area contributed by atoms with Crippen LogP contribution in [0.3, 0.4) is 0 Å². The van der Waals surface area contributed by atoms with Crippen molar-refractivity contribution in [2.45, 2.75) is 58.0 Å². The molecule has 0 aromatic carbocycles. The lowest BCUT2D eigenvalue weighted by atomic mass is 9.64. The highest BCUT2D eigenvalue weighted by atomic mass is 16.5. The molecular weight excluding hydrogens is 226 g/mol. The van der Waals surface area contributed by atoms with Crippen molar-refractivity contribution in [2.24, 2.45) is 23.0 Å². The van der Waals surface area contributed by atoms with Crippen molar-refractivity contribution in [1.82, 2.24) is 0 Å². The summed E-state index contributed by atoms with van der Waals surface area (Å²) in [7, 11) is 0. The van der Waals surface area contributed by atoms with E-state index in [4.69, 9.17) is 10.5 Å². The van der Waals surface area contributed by atoms with E-state index >= 15 is 0 Å². The van der Waals surface area contributed by atoms with E-state index in [1.165, 1.54) is 25.7 Å².